The van der Waals surface area contributed by atoms with Crippen molar-refractivity contribution in [1.29, 1.82) is 0 Å². The molecule has 0 bridgehead atoms. The third-order valence-corrected chi connectivity index (χ3v) is 5.40. The molecule has 1 aromatic carbocycles. The first-order valence-corrected chi connectivity index (χ1v) is 9.88. The number of benzene rings is 1. The monoisotopic (exact) mass is 388 g/mol. The van der Waals surface area contributed by atoms with Gasteiger partial charge in [0.2, 0.25) is 0 Å². The van der Waals surface area contributed by atoms with Crippen molar-refractivity contribution in [3.05, 3.63) is 88.7 Å². The number of carbonyl (C=O) groups is 1. The van der Waals surface area contributed by atoms with Crippen LogP contribution in [0.1, 0.15) is 27.2 Å². The SMILES string of the molecule is Cc1ccc(C)c(-n2nc(-c3cccs3)cc2C(=O)NCc2ccncc2)c1. The van der Waals surface area contributed by atoms with Crippen LogP contribution < -0.4 is 5.32 Å². The minimum absolute atomic E-state index is 0.159. The summed E-state index contributed by atoms with van der Waals surface area (Å²) in [6.45, 7) is 4.50. The van der Waals surface area contributed by atoms with Crippen molar-refractivity contribution < 1.29 is 4.79 Å². The van der Waals surface area contributed by atoms with Crippen molar-refractivity contribution in [2.75, 3.05) is 0 Å². The van der Waals surface area contributed by atoms with Crippen molar-refractivity contribution >= 4 is 17.2 Å². The number of hydrogen-bond donors (Lipinski definition) is 1. The van der Waals surface area contributed by atoms with Gasteiger partial charge < -0.3 is 5.32 Å². The number of amides is 1. The molecule has 0 atom stereocenters. The number of rotatable bonds is 5. The van der Waals surface area contributed by atoms with E-state index in [9.17, 15) is 4.79 Å². The Hall–Kier alpha value is -3.25. The second kappa shape index (κ2) is 7.78. The van der Waals surface area contributed by atoms with E-state index in [4.69, 9.17) is 5.10 Å². The summed E-state index contributed by atoms with van der Waals surface area (Å²) in [5.41, 5.74) is 5.42. The molecule has 0 unspecified atom stereocenters. The number of nitrogens with one attached hydrogen (secondary N) is 1. The van der Waals surface area contributed by atoms with Crippen LogP contribution in [0.2, 0.25) is 0 Å². The van der Waals surface area contributed by atoms with Gasteiger partial charge in [0.1, 0.15) is 11.4 Å². The number of aryl methyl sites for hydroxylation is 2. The topological polar surface area (TPSA) is 59.8 Å². The fourth-order valence-electron chi connectivity index (χ4n) is 2.99. The molecule has 4 rings (SSSR count). The molecule has 0 saturated carbocycles. The number of aromatic nitrogens is 3. The zero-order valence-corrected chi connectivity index (χ0v) is 16.5. The molecule has 0 radical (unpaired) electrons. The Balaban J connectivity index is 1.72. The molecule has 0 aliphatic rings. The van der Waals surface area contributed by atoms with Crippen LogP contribution in [0.15, 0.2) is 66.3 Å². The van der Waals surface area contributed by atoms with Crippen LogP contribution in [0.3, 0.4) is 0 Å². The summed E-state index contributed by atoms with van der Waals surface area (Å²) in [7, 11) is 0. The van der Waals surface area contributed by atoms with Crippen LogP contribution in [0.4, 0.5) is 0 Å². The van der Waals surface area contributed by atoms with Gasteiger partial charge in [-0.2, -0.15) is 5.10 Å². The first-order valence-electron chi connectivity index (χ1n) is 9.00. The molecule has 3 heterocycles. The third kappa shape index (κ3) is 3.73. The van der Waals surface area contributed by atoms with Crippen LogP contribution in [0.5, 0.6) is 0 Å². The number of hydrogen-bond acceptors (Lipinski definition) is 4. The molecule has 0 spiro atoms. The fraction of sp³-hybridized carbons (Fsp3) is 0.136. The standard InChI is InChI=1S/C22H20N4OS/c1-15-5-6-16(2)19(12-15)26-20(13-18(25-26)21-4-3-11-28-21)22(27)24-14-17-7-9-23-10-8-17/h3-13H,14H2,1-2H3,(H,24,27). The molecule has 1 amide bonds. The lowest BCUT2D eigenvalue weighted by molar-refractivity contribution is 0.0943. The van der Waals surface area contributed by atoms with E-state index in [0.29, 0.717) is 12.2 Å². The second-order valence-corrected chi connectivity index (χ2v) is 7.58. The van der Waals surface area contributed by atoms with Crippen LogP contribution in [-0.2, 0) is 6.54 Å². The first kappa shape index (κ1) is 18.1. The molecule has 0 aliphatic heterocycles. The van der Waals surface area contributed by atoms with Crippen LogP contribution in [0, 0.1) is 13.8 Å². The number of nitrogens with zero attached hydrogens (tertiary/aromatic N) is 3. The highest BCUT2D eigenvalue weighted by atomic mass is 32.1. The Morgan fingerprint density at radius 1 is 1.11 bits per heavy atom. The van der Waals surface area contributed by atoms with E-state index < -0.39 is 0 Å². The van der Waals surface area contributed by atoms with E-state index in [0.717, 1.165) is 32.9 Å². The summed E-state index contributed by atoms with van der Waals surface area (Å²) in [6, 6.07) is 15.8. The zero-order chi connectivity index (χ0) is 19.5. The highest BCUT2D eigenvalue weighted by Gasteiger charge is 2.19. The normalized spacial score (nSPS) is 10.8. The average molecular weight is 388 g/mol. The highest BCUT2D eigenvalue weighted by Crippen LogP contribution is 2.27. The third-order valence-electron chi connectivity index (χ3n) is 4.51. The van der Waals surface area contributed by atoms with Gasteiger partial charge in [0, 0.05) is 18.9 Å². The van der Waals surface area contributed by atoms with E-state index in [1.807, 2.05) is 49.6 Å². The van der Waals surface area contributed by atoms with Crippen molar-refractivity contribution in [1.82, 2.24) is 20.1 Å². The zero-order valence-electron chi connectivity index (χ0n) is 15.7. The largest absolute Gasteiger partial charge is 0.347 e. The van der Waals surface area contributed by atoms with E-state index in [-0.39, 0.29) is 5.91 Å². The summed E-state index contributed by atoms with van der Waals surface area (Å²) in [5, 5.41) is 9.76. The lowest BCUT2D eigenvalue weighted by Crippen LogP contribution is -2.25. The Labute approximate surface area is 167 Å². The molecule has 140 valence electrons. The maximum Gasteiger partial charge on any atom is 0.270 e. The van der Waals surface area contributed by atoms with Gasteiger partial charge in [-0.25, -0.2) is 4.68 Å². The average Bonchev–Trinajstić information content (AvgIpc) is 3.38. The molecule has 0 aliphatic carbocycles. The van der Waals surface area contributed by atoms with Gasteiger partial charge in [0.05, 0.1) is 10.6 Å². The van der Waals surface area contributed by atoms with Gasteiger partial charge in [-0.15, -0.1) is 11.3 Å². The lowest BCUT2D eigenvalue weighted by Gasteiger charge is -2.11. The van der Waals surface area contributed by atoms with Crippen molar-refractivity contribution in [3.63, 3.8) is 0 Å². The minimum atomic E-state index is -0.159. The molecular weight excluding hydrogens is 368 g/mol. The summed E-state index contributed by atoms with van der Waals surface area (Å²) >= 11 is 1.61. The second-order valence-electron chi connectivity index (χ2n) is 6.63. The number of pyridine rings is 1. The van der Waals surface area contributed by atoms with Crippen LogP contribution in [-0.4, -0.2) is 20.7 Å². The molecule has 28 heavy (non-hydrogen) atoms. The predicted molar refractivity (Wildman–Crippen MR) is 112 cm³/mol. The minimum Gasteiger partial charge on any atom is -0.347 e. The maximum atomic E-state index is 13.0. The summed E-state index contributed by atoms with van der Waals surface area (Å²) in [5.74, 6) is -0.159. The molecule has 5 nitrogen and oxygen atoms in total. The number of thiophene rings is 1. The molecule has 3 aromatic heterocycles. The predicted octanol–water partition coefficient (Wildman–Crippen LogP) is 4.54. The molecule has 0 saturated heterocycles. The Morgan fingerprint density at radius 3 is 2.68 bits per heavy atom. The van der Waals surface area contributed by atoms with Gasteiger partial charge in [-0.05, 0) is 66.2 Å². The lowest BCUT2D eigenvalue weighted by atomic mass is 10.1. The summed E-state index contributed by atoms with van der Waals surface area (Å²) in [4.78, 5) is 18.1. The van der Waals surface area contributed by atoms with E-state index in [1.165, 1.54) is 0 Å². The molecule has 0 fully saturated rings. The molecule has 4 aromatic rings. The van der Waals surface area contributed by atoms with Gasteiger partial charge in [-0.1, -0.05) is 18.2 Å². The first-order chi connectivity index (χ1) is 13.6. The Morgan fingerprint density at radius 2 is 1.93 bits per heavy atom. The van der Waals surface area contributed by atoms with E-state index in [1.54, 1.807) is 28.4 Å². The smallest absolute Gasteiger partial charge is 0.270 e. The fourth-order valence-corrected chi connectivity index (χ4v) is 3.67. The van der Waals surface area contributed by atoms with E-state index in [2.05, 4.69) is 28.5 Å². The van der Waals surface area contributed by atoms with E-state index >= 15 is 0 Å². The van der Waals surface area contributed by atoms with Crippen LogP contribution in [0.25, 0.3) is 16.3 Å². The number of carbonyl (C=O) groups excluding carboxylic acids is 1. The molecule has 1 N–H and O–H groups in total. The Bertz CT molecular complexity index is 1100. The molecule has 6 heteroatoms. The van der Waals surface area contributed by atoms with Crippen molar-refractivity contribution in [3.8, 4) is 16.3 Å². The summed E-state index contributed by atoms with van der Waals surface area (Å²) < 4.78 is 1.75. The maximum absolute atomic E-state index is 13.0. The highest BCUT2D eigenvalue weighted by molar-refractivity contribution is 7.13. The van der Waals surface area contributed by atoms with Gasteiger partial charge in [-0.3, -0.25) is 9.78 Å². The summed E-state index contributed by atoms with van der Waals surface area (Å²) in [6.07, 6.45) is 3.44. The Kier molecular flexibility index (Phi) is 5.04. The quantitative estimate of drug-likeness (QED) is 0.546. The van der Waals surface area contributed by atoms with Gasteiger partial charge in [0.15, 0.2) is 0 Å². The van der Waals surface area contributed by atoms with Gasteiger partial charge >= 0.3 is 0 Å². The van der Waals surface area contributed by atoms with Crippen molar-refractivity contribution in [2.24, 2.45) is 0 Å². The van der Waals surface area contributed by atoms with Gasteiger partial charge in [0.25, 0.3) is 5.91 Å². The molecular formula is C22H20N4OS. The van der Waals surface area contributed by atoms with Crippen LogP contribution >= 0.6 is 11.3 Å². The van der Waals surface area contributed by atoms with Crippen molar-refractivity contribution in [2.45, 2.75) is 20.4 Å².